The van der Waals surface area contributed by atoms with Crippen LogP contribution in [-0.4, -0.2) is 62.7 Å². The van der Waals surface area contributed by atoms with Crippen molar-refractivity contribution in [3.05, 3.63) is 18.0 Å². The number of fused-ring (bicyclic) bond motifs is 3. The number of tetrazole rings is 1. The van der Waals surface area contributed by atoms with Gasteiger partial charge < -0.3 is 20.3 Å². The molecule has 6 rings (SSSR count). The van der Waals surface area contributed by atoms with Gasteiger partial charge in [0.25, 0.3) is 0 Å². The maximum Gasteiger partial charge on any atom is 0.307 e. The molecule has 44 heavy (non-hydrogen) atoms. The van der Waals surface area contributed by atoms with Gasteiger partial charge in [-0.05, 0) is 97.5 Å². The lowest BCUT2D eigenvalue weighted by Crippen LogP contribution is -2.69. The highest BCUT2D eigenvalue weighted by Crippen LogP contribution is 2.75. The Kier molecular flexibility index (Phi) is 7.54. The molecule has 1 saturated heterocycles. The van der Waals surface area contributed by atoms with Crippen molar-refractivity contribution in [2.75, 3.05) is 19.8 Å². The summed E-state index contributed by atoms with van der Waals surface area (Å²) in [5.74, 6) is 0.428. The van der Waals surface area contributed by atoms with Crippen LogP contribution in [0.15, 0.2) is 18.0 Å². The smallest absolute Gasteiger partial charge is 0.307 e. The van der Waals surface area contributed by atoms with E-state index in [4.69, 9.17) is 15.2 Å². The van der Waals surface area contributed by atoms with Crippen LogP contribution in [0, 0.1) is 56.7 Å². The van der Waals surface area contributed by atoms with Gasteiger partial charge in [0.1, 0.15) is 6.04 Å². The van der Waals surface area contributed by atoms with E-state index in [-0.39, 0.29) is 39.2 Å². The number of allylic oxidation sites excluding steroid dienone is 1. The SMILES string of the molecule is CC(C)[C@@H](C)[C@@]1(C)CC[C@]2(C)[C@H]3CC[C@@H]4[C@@]5(COC[C@@]4(C)[C@@H](OCC(C)(C)N)[C@H](n4ncnn4)C5)C3=CC[C@@]2(C)[C@@H]1C(=O)O. The molecule has 11 atom stereocenters. The molecule has 0 amide bonds. The number of hydrogen-bond acceptors (Lipinski definition) is 7. The molecule has 0 unspecified atom stereocenters. The summed E-state index contributed by atoms with van der Waals surface area (Å²) in [5, 5.41) is 24.0. The molecule has 5 aliphatic rings. The minimum atomic E-state index is -0.622. The highest BCUT2D eigenvalue weighted by Gasteiger charge is 2.72. The Bertz CT molecular complexity index is 1290. The molecule has 9 nitrogen and oxygen atoms in total. The predicted octanol–water partition coefficient (Wildman–Crippen LogP) is 5.93. The van der Waals surface area contributed by atoms with Crippen LogP contribution in [0.5, 0.6) is 0 Å². The van der Waals surface area contributed by atoms with E-state index in [0.29, 0.717) is 43.5 Å². The van der Waals surface area contributed by atoms with E-state index in [1.807, 2.05) is 13.8 Å². The lowest BCUT2D eigenvalue weighted by atomic mass is 9.34. The molecule has 3 saturated carbocycles. The van der Waals surface area contributed by atoms with Crippen LogP contribution >= 0.6 is 0 Å². The maximum atomic E-state index is 13.4. The summed E-state index contributed by atoms with van der Waals surface area (Å²) >= 11 is 0. The summed E-state index contributed by atoms with van der Waals surface area (Å²) in [6, 6.07) is -0.0981. The Balaban J connectivity index is 1.45. The van der Waals surface area contributed by atoms with E-state index in [2.05, 4.69) is 70.0 Å². The Labute approximate surface area is 264 Å². The van der Waals surface area contributed by atoms with E-state index >= 15 is 0 Å². The third kappa shape index (κ3) is 4.34. The Hall–Kier alpha value is -1.84. The van der Waals surface area contributed by atoms with Gasteiger partial charge in [-0.25, -0.2) is 0 Å². The first-order chi connectivity index (χ1) is 20.4. The molecule has 0 radical (unpaired) electrons. The number of carboxylic acid groups (broad SMARTS) is 1. The van der Waals surface area contributed by atoms with Crippen LogP contribution in [0.2, 0.25) is 0 Å². The third-order valence-electron chi connectivity index (χ3n) is 14.4. The van der Waals surface area contributed by atoms with E-state index in [9.17, 15) is 9.90 Å². The number of carbonyl (C=O) groups is 1. The van der Waals surface area contributed by atoms with Crippen molar-refractivity contribution >= 4 is 5.97 Å². The molecule has 4 aliphatic carbocycles. The fourth-order valence-corrected chi connectivity index (χ4v) is 11.7. The minimum absolute atomic E-state index is 0.0981. The van der Waals surface area contributed by atoms with Gasteiger partial charge in [-0.2, -0.15) is 4.80 Å². The molecule has 1 aromatic heterocycles. The summed E-state index contributed by atoms with van der Waals surface area (Å²) in [5.41, 5.74) is 6.31. The summed E-state index contributed by atoms with van der Waals surface area (Å²) in [6.45, 7) is 21.9. The van der Waals surface area contributed by atoms with Crippen LogP contribution in [0.25, 0.3) is 0 Å². The average molecular weight is 612 g/mol. The summed E-state index contributed by atoms with van der Waals surface area (Å²) in [6.07, 6.45) is 9.59. The third-order valence-corrected chi connectivity index (χ3v) is 14.4. The van der Waals surface area contributed by atoms with Gasteiger partial charge in [0.05, 0.1) is 31.8 Å². The molecular formula is C35H57N5O4. The van der Waals surface area contributed by atoms with Crippen LogP contribution in [0.1, 0.15) is 107 Å². The van der Waals surface area contributed by atoms with Gasteiger partial charge in [-0.1, -0.05) is 60.1 Å². The second-order valence-electron chi connectivity index (χ2n) is 17.6. The monoisotopic (exact) mass is 611 g/mol. The molecule has 1 aromatic rings. The highest BCUT2D eigenvalue weighted by molar-refractivity contribution is 5.73. The molecule has 2 bridgehead atoms. The van der Waals surface area contributed by atoms with Crippen LogP contribution in [0.4, 0.5) is 0 Å². The van der Waals surface area contributed by atoms with E-state index in [1.54, 1.807) is 4.80 Å². The van der Waals surface area contributed by atoms with E-state index in [1.165, 1.54) is 11.9 Å². The standard InChI is InChI=1S/C35H57N5O4/c1-21(2)22(3)31(6)14-15-33(8)23-10-11-26-32(7)18-43-19-35(26,24(23)12-13-34(33,9)27(31)29(41)42)16-25(40-38-20-37-39-40)28(32)44-17-30(4,5)36/h12,20-23,25-28H,10-11,13-19,36H2,1-9H3,(H,41,42)/t22-,23+,25-,26+,27-,28+,31-,32-,33-,34+,35+/m1/s1. The van der Waals surface area contributed by atoms with Crippen LogP contribution < -0.4 is 5.73 Å². The minimum Gasteiger partial charge on any atom is -0.481 e. The van der Waals surface area contributed by atoms with Gasteiger partial charge in [0.2, 0.25) is 0 Å². The number of carboxylic acids is 1. The predicted molar refractivity (Wildman–Crippen MR) is 168 cm³/mol. The second-order valence-corrected chi connectivity index (χ2v) is 17.6. The highest BCUT2D eigenvalue weighted by atomic mass is 16.5. The van der Waals surface area contributed by atoms with Gasteiger partial charge in [-0.15, -0.1) is 10.2 Å². The molecule has 246 valence electrons. The zero-order chi connectivity index (χ0) is 32.1. The topological polar surface area (TPSA) is 125 Å². The first kappa shape index (κ1) is 32.1. The van der Waals surface area contributed by atoms with E-state index < -0.39 is 17.4 Å². The van der Waals surface area contributed by atoms with Crippen molar-refractivity contribution in [1.29, 1.82) is 0 Å². The number of hydrogen-bond donors (Lipinski definition) is 2. The quantitative estimate of drug-likeness (QED) is 0.364. The Morgan fingerprint density at radius 2 is 1.89 bits per heavy atom. The van der Waals surface area contributed by atoms with E-state index in [0.717, 1.165) is 38.5 Å². The van der Waals surface area contributed by atoms with Crippen LogP contribution in [-0.2, 0) is 14.3 Å². The molecule has 1 aliphatic heterocycles. The fourth-order valence-electron chi connectivity index (χ4n) is 11.7. The number of aromatic nitrogens is 4. The number of nitrogens with zero attached hydrogens (tertiary/aromatic N) is 4. The largest absolute Gasteiger partial charge is 0.481 e. The molecule has 0 aromatic carbocycles. The van der Waals surface area contributed by atoms with Gasteiger partial charge in [0.15, 0.2) is 6.33 Å². The summed E-state index contributed by atoms with van der Waals surface area (Å²) in [4.78, 5) is 15.1. The molecule has 2 heterocycles. The number of ether oxygens (including phenoxy) is 2. The number of nitrogens with two attached hydrogens (primary N) is 1. The maximum absolute atomic E-state index is 13.4. The van der Waals surface area contributed by atoms with Crippen molar-refractivity contribution in [2.45, 2.75) is 119 Å². The lowest BCUT2D eigenvalue weighted by molar-refractivity contribution is -0.253. The van der Waals surface area contributed by atoms with Crippen molar-refractivity contribution in [2.24, 2.45) is 62.4 Å². The van der Waals surface area contributed by atoms with Gasteiger partial charge >= 0.3 is 5.97 Å². The first-order valence-electron chi connectivity index (χ1n) is 17.1. The van der Waals surface area contributed by atoms with Gasteiger partial charge in [0, 0.05) is 16.4 Å². The van der Waals surface area contributed by atoms with Crippen molar-refractivity contribution < 1.29 is 19.4 Å². The van der Waals surface area contributed by atoms with Crippen molar-refractivity contribution in [3.63, 3.8) is 0 Å². The Morgan fingerprint density at radius 1 is 1.16 bits per heavy atom. The first-order valence-corrected chi connectivity index (χ1v) is 17.1. The molecule has 0 spiro atoms. The second kappa shape index (κ2) is 10.3. The fraction of sp³-hybridized carbons (Fsp3) is 0.886. The molecule has 3 N–H and O–H groups in total. The molecule has 9 heteroatoms. The Morgan fingerprint density at radius 3 is 2.50 bits per heavy atom. The molecule has 4 fully saturated rings. The van der Waals surface area contributed by atoms with Gasteiger partial charge in [-0.3, -0.25) is 4.79 Å². The van der Waals surface area contributed by atoms with Crippen molar-refractivity contribution in [1.82, 2.24) is 20.2 Å². The normalized spacial score (nSPS) is 46.0. The number of aliphatic carboxylic acids is 1. The van der Waals surface area contributed by atoms with Crippen LogP contribution in [0.3, 0.4) is 0 Å². The number of rotatable bonds is 7. The lowest BCUT2D eigenvalue weighted by Gasteiger charge is -2.71. The zero-order valence-corrected chi connectivity index (χ0v) is 28.6. The van der Waals surface area contributed by atoms with Crippen molar-refractivity contribution in [3.8, 4) is 0 Å². The summed E-state index contributed by atoms with van der Waals surface area (Å²) < 4.78 is 13.4. The molecular weight excluding hydrogens is 554 g/mol. The zero-order valence-electron chi connectivity index (χ0n) is 28.6. The average Bonchev–Trinajstić information content (AvgIpc) is 3.46. The summed E-state index contributed by atoms with van der Waals surface area (Å²) in [7, 11) is 0.